The van der Waals surface area contributed by atoms with Crippen molar-refractivity contribution >= 4 is 23.4 Å². The predicted molar refractivity (Wildman–Crippen MR) is 71.5 cm³/mol. The van der Waals surface area contributed by atoms with Gasteiger partial charge >= 0.3 is 0 Å². The zero-order valence-electron chi connectivity index (χ0n) is 9.27. The lowest BCUT2D eigenvalue weighted by atomic mass is 10.2. The van der Waals surface area contributed by atoms with E-state index in [4.69, 9.17) is 16.9 Å². The molecule has 2 rings (SSSR count). The quantitative estimate of drug-likeness (QED) is 0.782. The molecule has 0 aliphatic heterocycles. The number of benzene rings is 2. The maximum Gasteiger partial charge on any atom is 0.100 e. The summed E-state index contributed by atoms with van der Waals surface area (Å²) in [5.74, 6) is 0. The average molecular weight is 260 g/mol. The number of halogens is 1. The van der Waals surface area contributed by atoms with Gasteiger partial charge in [0, 0.05) is 14.8 Å². The van der Waals surface area contributed by atoms with Crippen LogP contribution in [0.25, 0.3) is 0 Å². The minimum absolute atomic E-state index is 0.704. The van der Waals surface area contributed by atoms with Crippen LogP contribution in [0.2, 0.25) is 5.02 Å². The van der Waals surface area contributed by atoms with Gasteiger partial charge in [-0.15, -0.1) is 0 Å². The Morgan fingerprint density at radius 1 is 1.18 bits per heavy atom. The number of nitrogens with zero attached hydrogens (tertiary/aromatic N) is 1. The fourth-order valence-electron chi connectivity index (χ4n) is 1.48. The molecule has 0 fully saturated rings. The minimum atomic E-state index is 0.704. The summed E-state index contributed by atoms with van der Waals surface area (Å²) in [5, 5.41) is 9.79. The number of nitriles is 1. The Labute approximate surface area is 110 Å². The third-order valence-corrected chi connectivity index (χ3v) is 3.58. The van der Waals surface area contributed by atoms with Crippen LogP contribution < -0.4 is 0 Å². The molecule has 0 unspecified atom stereocenters. The highest BCUT2D eigenvalue weighted by Crippen LogP contribution is 2.31. The summed E-state index contributed by atoms with van der Waals surface area (Å²) < 4.78 is 0. The first-order valence-corrected chi connectivity index (χ1v) is 6.32. The molecule has 0 spiro atoms. The zero-order chi connectivity index (χ0) is 12.3. The van der Waals surface area contributed by atoms with E-state index < -0.39 is 0 Å². The summed E-state index contributed by atoms with van der Waals surface area (Å²) in [7, 11) is 0. The van der Waals surface area contributed by atoms with E-state index >= 15 is 0 Å². The van der Waals surface area contributed by atoms with Crippen LogP contribution in [-0.4, -0.2) is 0 Å². The van der Waals surface area contributed by atoms with E-state index in [0.717, 1.165) is 15.4 Å². The van der Waals surface area contributed by atoms with Crippen LogP contribution in [0, 0.1) is 18.3 Å². The largest absolute Gasteiger partial charge is 0.192 e. The highest BCUT2D eigenvalue weighted by Gasteiger charge is 2.04. The summed E-state index contributed by atoms with van der Waals surface area (Å²) in [5.41, 5.74) is 1.80. The van der Waals surface area contributed by atoms with Crippen molar-refractivity contribution in [3.05, 3.63) is 58.6 Å². The predicted octanol–water partition coefficient (Wildman–Crippen LogP) is 4.67. The van der Waals surface area contributed by atoms with E-state index in [2.05, 4.69) is 6.07 Å². The summed E-state index contributed by atoms with van der Waals surface area (Å²) >= 11 is 7.49. The lowest BCUT2D eigenvalue weighted by molar-refractivity contribution is 1.31. The van der Waals surface area contributed by atoms with Gasteiger partial charge in [-0.2, -0.15) is 5.26 Å². The Balaban J connectivity index is 2.34. The number of aryl methyl sites for hydroxylation is 1. The molecule has 0 aromatic heterocycles. The van der Waals surface area contributed by atoms with Crippen LogP contribution >= 0.6 is 23.4 Å². The van der Waals surface area contributed by atoms with Crippen LogP contribution in [-0.2, 0) is 0 Å². The third-order valence-electron chi connectivity index (χ3n) is 2.28. The van der Waals surface area contributed by atoms with Crippen molar-refractivity contribution in [1.82, 2.24) is 0 Å². The monoisotopic (exact) mass is 259 g/mol. The van der Waals surface area contributed by atoms with Crippen LogP contribution in [0.4, 0.5) is 0 Å². The number of rotatable bonds is 2. The second-order valence-corrected chi connectivity index (χ2v) is 5.22. The number of hydrogen-bond acceptors (Lipinski definition) is 2. The molecule has 17 heavy (non-hydrogen) atoms. The van der Waals surface area contributed by atoms with E-state index in [1.165, 1.54) is 0 Å². The zero-order valence-corrected chi connectivity index (χ0v) is 10.8. The Bertz CT molecular complexity index is 587. The molecule has 0 bridgehead atoms. The van der Waals surface area contributed by atoms with Crippen molar-refractivity contribution in [3.63, 3.8) is 0 Å². The molecule has 0 saturated carbocycles. The van der Waals surface area contributed by atoms with Gasteiger partial charge < -0.3 is 0 Å². The summed E-state index contributed by atoms with van der Waals surface area (Å²) in [6, 6.07) is 15.7. The topological polar surface area (TPSA) is 23.8 Å². The third kappa shape index (κ3) is 3.03. The van der Waals surface area contributed by atoms with Gasteiger partial charge in [-0.05, 0) is 42.8 Å². The Kier molecular flexibility index (Phi) is 3.73. The first kappa shape index (κ1) is 12.0. The smallest absolute Gasteiger partial charge is 0.100 e. The highest BCUT2D eigenvalue weighted by molar-refractivity contribution is 7.99. The highest BCUT2D eigenvalue weighted by atomic mass is 35.5. The number of hydrogen-bond donors (Lipinski definition) is 0. The minimum Gasteiger partial charge on any atom is -0.192 e. The Hall–Kier alpha value is -1.43. The van der Waals surface area contributed by atoms with E-state index in [9.17, 15) is 0 Å². The van der Waals surface area contributed by atoms with Crippen LogP contribution in [0.5, 0.6) is 0 Å². The van der Waals surface area contributed by atoms with Gasteiger partial charge in [0.15, 0.2) is 0 Å². The van der Waals surface area contributed by atoms with Crippen molar-refractivity contribution < 1.29 is 0 Å². The van der Waals surface area contributed by atoms with Crippen LogP contribution in [0.15, 0.2) is 52.3 Å². The van der Waals surface area contributed by atoms with Crippen molar-refractivity contribution in [2.75, 3.05) is 0 Å². The molecule has 0 aliphatic carbocycles. The SMILES string of the molecule is Cc1ccc(Sc2cccc(Cl)c2)c(C#N)c1. The lowest BCUT2D eigenvalue weighted by Gasteiger charge is -2.05. The first-order chi connectivity index (χ1) is 8.19. The normalized spacial score (nSPS) is 9.94. The molecule has 0 heterocycles. The van der Waals surface area contributed by atoms with E-state index in [1.54, 1.807) is 11.8 Å². The van der Waals surface area contributed by atoms with Crippen LogP contribution in [0.3, 0.4) is 0 Å². The van der Waals surface area contributed by atoms with Crippen molar-refractivity contribution in [2.45, 2.75) is 16.7 Å². The Morgan fingerprint density at radius 2 is 2.00 bits per heavy atom. The van der Waals surface area contributed by atoms with Crippen molar-refractivity contribution in [3.8, 4) is 6.07 Å². The standard InChI is InChI=1S/C14H10ClNS/c1-10-5-6-14(11(7-10)9-16)17-13-4-2-3-12(15)8-13/h2-8H,1H3. The van der Waals surface area contributed by atoms with Crippen LogP contribution in [0.1, 0.15) is 11.1 Å². The molecule has 0 atom stereocenters. The molecule has 84 valence electrons. The van der Waals surface area contributed by atoms with E-state index in [-0.39, 0.29) is 0 Å². The maximum absolute atomic E-state index is 9.09. The van der Waals surface area contributed by atoms with Crippen molar-refractivity contribution in [2.24, 2.45) is 0 Å². The summed E-state index contributed by atoms with van der Waals surface area (Å²) in [4.78, 5) is 2.00. The first-order valence-electron chi connectivity index (χ1n) is 5.13. The van der Waals surface area contributed by atoms with Gasteiger partial charge in [0.2, 0.25) is 0 Å². The fraction of sp³-hybridized carbons (Fsp3) is 0.0714. The molecule has 0 saturated heterocycles. The molecule has 2 aromatic carbocycles. The van der Waals surface area contributed by atoms with Gasteiger partial charge in [0.25, 0.3) is 0 Å². The maximum atomic E-state index is 9.09. The molecule has 3 heteroatoms. The van der Waals surface area contributed by atoms with Gasteiger partial charge in [-0.1, -0.05) is 35.5 Å². The van der Waals surface area contributed by atoms with E-state index in [1.807, 2.05) is 49.4 Å². The lowest BCUT2D eigenvalue weighted by Crippen LogP contribution is -1.83. The molecule has 1 nitrogen and oxygen atoms in total. The Morgan fingerprint density at radius 3 is 2.71 bits per heavy atom. The molecular formula is C14H10ClNS. The molecule has 0 amide bonds. The van der Waals surface area contributed by atoms with Crippen molar-refractivity contribution in [1.29, 1.82) is 5.26 Å². The second kappa shape index (κ2) is 5.27. The second-order valence-electron chi connectivity index (χ2n) is 3.67. The average Bonchev–Trinajstić information content (AvgIpc) is 2.31. The molecule has 0 N–H and O–H groups in total. The van der Waals surface area contributed by atoms with Gasteiger partial charge in [-0.25, -0.2) is 0 Å². The van der Waals surface area contributed by atoms with Gasteiger partial charge in [0.1, 0.15) is 6.07 Å². The summed E-state index contributed by atoms with van der Waals surface area (Å²) in [6.07, 6.45) is 0. The fourth-order valence-corrected chi connectivity index (χ4v) is 2.67. The molecular weight excluding hydrogens is 250 g/mol. The molecule has 0 aliphatic rings. The van der Waals surface area contributed by atoms with Gasteiger partial charge in [-0.3, -0.25) is 0 Å². The molecule has 2 aromatic rings. The van der Waals surface area contributed by atoms with E-state index in [0.29, 0.717) is 10.6 Å². The van der Waals surface area contributed by atoms with Gasteiger partial charge in [0.05, 0.1) is 5.56 Å². The molecule has 0 radical (unpaired) electrons. The summed E-state index contributed by atoms with van der Waals surface area (Å²) in [6.45, 7) is 1.98.